The van der Waals surface area contributed by atoms with Crippen molar-refractivity contribution in [2.45, 2.75) is 20.4 Å². The molecule has 0 fully saturated rings. The van der Waals surface area contributed by atoms with E-state index >= 15 is 0 Å². The van der Waals surface area contributed by atoms with E-state index in [1.54, 1.807) is 6.26 Å². The first-order valence-electron chi connectivity index (χ1n) is 4.93. The smallest absolute Gasteiger partial charge is 0.226 e. The molecule has 2 aromatic rings. The quantitative estimate of drug-likeness (QED) is 0.813. The summed E-state index contributed by atoms with van der Waals surface area (Å²) >= 11 is 0. The maximum Gasteiger partial charge on any atom is 0.226 e. The van der Waals surface area contributed by atoms with Crippen LogP contribution in [0.2, 0.25) is 0 Å². The standard InChI is InChI=1S/C12H14N2O/c1-8-3-4-11(9(2)5-8)12-14-10(6-13)7-15-12/h3-5,7H,6,13H2,1-2H3. The van der Waals surface area contributed by atoms with Crippen molar-refractivity contribution in [1.29, 1.82) is 0 Å². The van der Waals surface area contributed by atoms with Crippen LogP contribution in [0.4, 0.5) is 0 Å². The van der Waals surface area contributed by atoms with Crippen LogP contribution in [0, 0.1) is 13.8 Å². The van der Waals surface area contributed by atoms with Crippen molar-refractivity contribution in [3.05, 3.63) is 41.3 Å². The topological polar surface area (TPSA) is 52.0 Å². The Labute approximate surface area is 88.9 Å². The molecule has 1 aromatic carbocycles. The number of hydrogen-bond donors (Lipinski definition) is 1. The first-order valence-corrected chi connectivity index (χ1v) is 4.93. The normalized spacial score (nSPS) is 10.6. The number of aryl methyl sites for hydroxylation is 2. The van der Waals surface area contributed by atoms with Crippen LogP contribution in [-0.4, -0.2) is 4.98 Å². The van der Waals surface area contributed by atoms with Gasteiger partial charge in [0.1, 0.15) is 6.26 Å². The van der Waals surface area contributed by atoms with Crippen LogP contribution in [0.3, 0.4) is 0 Å². The van der Waals surface area contributed by atoms with Crippen molar-refractivity contribution >= 4 is 0 Å². The zero-order valence-electron chi connectivity index (χ0n) is 8.95. The van der Waals surface area contributed by atoms with E-state index in [2.05, 4.69) is 31.0 Å². The van der Waals surface area contributed by atoms with Crippen molar-refractivity contribution < 1.29 is 4.42 Å². The third-order valence-corrected chi connectivity index (χ3v) is 2.37. The summed E-state index contributed by atoms with van der Waals surface area (Å²) in [7, 11) is 0. The minimum absolute atomic E-state index is 0.411. The third kappa shape index (κ3) is 1.92. The second kappa shape index (κ2) is 3.87. The summed E-state index contributed by atoms with van der Waals surface area (Å²) in [5, 5.41) is 0. The molecular weight excluding hydrogens is 188 g/mol. The van der Waals surface area contributed by atoms with Crippen molar-refractivity contribution in [2.75, 3.05) is 0 Å². The molecule has 0 amide bonds. The first-order chi connectivity index (χ1) is 7.20. The number of aromatic nitrogens is 1. The number of hydrogen-bond acceptors (Lipinski definition) is 3. The number of nitrogens with two attached hydrogens (primary N) is 1. The molecule has 3 heteroatoms. The van der Waals surface area contributed by atoms with Gasteiger partial charge in [0.05, 0.1) is 5.69 Å². The Balaban J connectivity index is 2.44. The molecule has 1 aromatic heterocycles. The Morgan fingerprint density at radius 2 is 2.13 bits per heavy atom. The predicted molar refractivity (Wildman–Crippen MR) is 59.3 cm³/mol. The van der Waals surface area contributed by atoms with Crippen LogP contribution in [0.25, 0.3) is 11.5 Å². The molecule has 0 unspecified atom stereocenters. The van der Waals surface area contributed by atoms with Gasteiger partial charge in [0.25, 0.3) is 0 Å². The zero-order valence-corrected chi connectivity index (χ0v) is 8.95. The second-order valence-corrected chi connectivity index (χ2v) is 3.67. The highest BCUT2D eigenvalue weighted by Crippen LogP contribution is 2.23. The van der Waals surface area contributed by atoms with Gasteiger partial charge in [0.15, 0.2) is 0 Å². The molecule has 0 radical (unpaired) electrons. The number of rotatable bonds is 2. The summed E-state index contributed by atoms with van der Waals surface area (Å²) in [6.45, 7) is 4.53. The van der Waals surface area contributed by atoms with Gasteiger partial charge in [-0.05, 0) is 25.5 Å². The molecule has 2 rings (SSSR count). The lowest BCUT2D eigenvalue weighted by Gasteiger charge is -2.01. The van der Waals surface area contributed by atoms with Crippen molar-refractivity contribution in [3.8, 4) is 11.5 Å². The maximum atomic E-state index is 5.48. The molecule has 2 N–H and O–H groups in total. The van der Waals surface area contributed by atoms with E-state index in [4.69, 9.17) is 10.2 Å². The van der Waals surface area contributed by atoms with Crippen LogP contribution in [0.1, 0.15) is 16.8 Å². The van der Waals surface area contributed by atoms with E-state index in [1.807, 2.05) is 6.07 Å². The molecule has 15 heavy (non-hydrogen) atoms. The van der Waals surface area contributed by atoms with E-state index < -0.39 is 0 Å². The number of oxazole rings is 1. The highest BCUT2D eigenvalue weighted by molar-refractivity contribution is 5.59. The maximum absolute atomic E-state index is 5.48. The van der Waals surface area contributed by atoms with Crippen LogP contribution >= 0.6 is 0 Å². The van der Waals surface area contributed by atoms with Crippen LogP contribution in [0.15, 0.2) is 28.9 Å². The summed E-state index contributed by atoms with van der Waals surface area (Å²) in [6, 6.07) is 6.19. The molecular formula is C12H14N2O. The Hall–Kier alpha value is -1.61. The Morgan fingerprint density at radius 3 is 2.73 bits per heavy atom. The Morgan fingerprint density at radius 1 is 1.33 bits per heavy atom. The van der Waals surface area contributed by atoms with Crippen molar-refractivity contribution in [1.82, 2.24) is 4.98 Å². The van der Waals surface area contributed by atoms with Crippen molar-refractivity contribution in [3.63, 3.8) is 0 Å². The highest BCUT2D eigenvalue weighted by atomic mass is 16.3. The summed E-state index contributed by atoms with van der Waals surface area (Å²) in [5.74, 6) is 0.646. The number of benzene rings is 1. The van der Waals surface area contributed by atoms with E-state index in [1.165, 1.54) is 11.1 Å². The van der Waals surface area contributed by atoms with Gasteiger partial charge in [-0.15, -0.1) is 0 Å². The summed E-state index contributed by atoms with van der Waals surface area (Å²) in [4.78, 5) is 4.30. The Bertz CT molecular complexity index is 474. The molecule has 78 valence electrons. The van der Waals surface area contributed by atoms with E-state index in [9.17, 15) is 0 Å². The summed E-state index contributed by atoms with van der Waals surface area (Å²) < 4.78 is 5.37. The van der Waals surface area contributed by atoms with Gasteiger partial charge < -0.3 is 10.2 Å². The molecule has 3 nitrogen and oxygen atoms in total. The molecule has 0 atom stereocenters. The number of nitrogens with zero attached hydrogens (tertiary/aromatic N) is 1. The van der Waals surface area contributed by atoms with Gasteiger partial charge >= 0.3 is 0 Å². The lowest BCUT2D eigenvalue weighted by molar-refractivity contribution is 0.572. The molecule has 0 bridgehead atoms. The van der Waals surface area contributed by atoms with Crippen LogP contribution in [-0.2, 0) is 6.54 Å². The minimum Gasteiger partial charge on any atom is -0.444 e. The molecule has 0 aliphatic carbocycles. The predicted octanol–water partition coefficient (Wildman–Crippen LogP) is 2.42. The zero-order chi connectivity index (χ0) is 10.8. The Kier molecular flexibility index (Phi) is 2.56. The van der Waals surface area contributed by atoms with E-state index in [0.717, 1.165) is 11.3 Å². The van der Waals surface area contributed by atoms with Crippen molar-refractivity contribution in [2.24, 2.45) is 5.73 Å². The average molecular weight is 202 g/mol. The molecule has 0 aliphatic heterocycles. The highest BCUT2D eigenvalue weighted by Gasteiger charge is 2.08. The average Bonchev–Trinajstić information content (AvgIpc) is 2.66. The van der Waals surface area contributed by atoms with Gasteiger partial charge in [-0.25, -0.2) is 4.98 Å². The fraction of sp³-hybridized carbons (Fsp3) is 0.250. The van der Waals surface area contributed by atoms with Gasteiger partial charge in [-0.2, -0.15) is 0 Å². The molecule has 0 aliphatic rings. The van der Waals surface area contributed by atoms with E-state index in [0.29, 0.717) is 12.4 Å². The van der Waals surface area contributed by atoms with Gasteiger partial charge in [0.2, 0.25) is 5.89 Å². The molecule has 0 spiro atoms. The first kappa shape index (κ1) is 9.93. The van der Waals surface area contributed by atoms with Gasteiger partial charge in [-0.1, -0.05) is 17.7 Å². The van der Waals surface area contributed by atoms with Crippen LogP contribution in [0.5, 0.6) is 0 Å². The molecule has 0 saturated carbocycles. The molecule has 1 heterocycles. The summed E-state index contributed by atoms with van der Waals surface area (Å²) in [6.07, 6.45) is 1.61. The van der Waals surface area contributed by atoms with Gasteiger partial charge in [-0.3, -0.25) is 0 Å². The lowest BCUT2D eigenvalue weighted by Crippen LogP contribution is -1.95. The molecule has 0 saturated heterocycles. The SMILES string of the molecule is Cc1ccc(-c2nc(CN)co2)c(C)c1. The third-order valence-electron chi connectivity index (χ3n) is 2.37. The monoisotopic (exact) mass is 202 g/mol. The van der Waals surface area contributed by atoms with Gasteiger partial charge in [0, 0.05) is 12.1 Å². The van der Waals surface area contributed by atoms with E-state index in [-0.39, 0.29) is 0 Å². The van der Waals surface area contributed by atoms with Crippen LogP contribution < -0.4 is 5.73 Å². The lowest BCUT2D eigenvalue weighted by atomic mass is 10.1. The summed E-state index contributed by atoms with van der Waals surface area (Å²) in [5.41, 5.74) is 9.70. The minimum atomic E-state index is 0.411. The fourth-order valence-electron chi connectivity index (χ4n) is 1.58. The fourth-order valence-corrected chi connectivity index (χ4v) is 1.58. The second-order valence-electron chi connectivity index (χ2n) is 3.67. The largest absolute Gasteiger partial charge is 0.444 e.